The van der Waals surface area contributed by atoms with Gasteiger partial charge < -0.3 is 19.3 Å². The summed E-state index contributed by atoms with van der Waals surface area (Å²) in [5.74, 6) is 0.875. The number of pyridine rings is 1. The quantitative estimate of drug-likeness (QED) is 0.409. The fourth-order valence-corrected chi connectivity index (χ4v) is 3.32. The van der Waals surface area contributed by atoms with Crippen LogP contribution in [0.25, 0.3) is 11.3 Å². The van der Waals surface area contributed by atoms with Gasteiger partial charge in [0.2, 0.25) is 0 Å². The van der Waals surface area contributed by atoms with E-state index in [9.17, 15) is 9.59 Å². The van der Waals surface area contributed by atoms with Crippen LogP contribution in [0.4, 0.5) is 0 Å². The van der Waals surface area contributed by atoms with Crippen LogP contribution in [-0.2, 0) is 0 Å². The van der Waals surface area contributed by atoms with E-state index in [0.717, 1.165) is 5.56 Å². The molecule has 1 heterocycles. The average molecular weight is 470 g/mol. The van der Waals surface area contributed by atoms with Crippen molar-refractivity contribution in [1.29, 1.82) is 0 Å². The molecule has 8 heteroatoms. The Labute approximate surface area is 196 Å². The van der Waals surface area contributed by atoms with Gasteiger partial charge in [0.05, 0.1) is 20.8 Å². The highest BCUT2D eigenvalue weighted by Gasteiger charge is 2.17. The summed E-state index contributed by atoms with van der Waals surface area (Å²) >= 11 is 5.96. The molecule has 0 aliphatic carbocycles. The molecule has 0 aliphatic heterocycles. The van der Waals surface area contributed by atoms with Gasteiger partial charge >= 0.3 is 0 Å². The molecule has 0 fully saturated rings. The number of ether oxygens (including phenoxy) is 3. The maximum atomic E-state index is 12.8. The first-order chi connectivity index (χ1) is 16.0. The Morgan fingerprint density at radius 1 is 0.879 bits per heavy atom. The molecule has 0 radical (unpaired) electrons. The van der Waals surface area contributed by atoms with Crippen molar-refractivity contribution in [2.45, 2.75) is 12.8 Å². The van der Waals surface area contributed by atoms with E-state index in [0.29, 0.717) is 33.5 Å². The fourth-order valence-electron chi connectivity index (χ4n) is 3.20. The summed E-state index contributed by atoms with van der Waals surface area (Å²) in [6.07, 6.45) is 0.0200. The van der Waals surface area contributed by atoms with Crippen molar-refractivity contribution in [3.05, 3.63) is 70.9 Å². The average Bonchev–Trinajstić information content (AvgIpc) is 2.85. The monoisotopic (exact) mass is 469 g/mol. The lowest BCUT2D eigenvalue weighted by atomic mass is 10.0. The molecule has 0 amide bonds. The number of hydrogen-bond acceptors (Lipinski definition) is 7. The second-order valence-electron chi connectivity index (χ2n) is 7.04. The van der Waals surface area contributed by atoms with Crippen molar-refractivity contribution in [1.82, 2.24) is 4.98 Å². The van der Waals surface area contributed by atoms with Crippen molar-refractivity contribution in [2.24, 2.45) is 0 Å². The second kappa shape index (κ2) is 11.4. The van der Waals surface area contributed by atoms with E-state index < -0.39 is 0 Å². The number of benzene rings is 2. The van der Waals surface area contributed by atoms with E-state index in [2.05, 4.69) is 4.98 Å². The first-order valence-electron chi connectivity index (χ1n) is 10.3. The number of aliphatic hydroxyl groups is 1. The molecule has 0 saturated heterocycles. The van der Waals surface area contributed by atoms with Gasteiger partial charge in [-0.25, -0.2) is 4.98 Å². The lowest BCUT2D eigenvalue weighted by Crippen LogP contribution is -2.08. The summed E-state index contributed by atoms with van der Waals surface area (Å²) in [5.41, 5.74) is 1.94. The van der Waals surface area contributed by atoms with E-state index in [4.69, 9.17) is 30.9 Å². The number of halogens is 1. The highest BCUT2D eigenvalue weighted by molar-refractivity contribution is 6.30. The summed E-state index contributed by atoms with van der Waals surface area (Å²) in [6, 6.07) is 15.1. The summed E-state index contributed by atoms with van der Waals surface area (Å²) in [5, 5.41) is 9.49. The number of rotatable bonds is 11. The van der Waals surface area contributed by atoms with Gasteiger partial charge in [-0.3, -0.25) is 9.59 Å². The maximum absolute atomic E-state index is 12.8. The zero-order valence-electron chi connectivity index (χ0n) is 18.3. The molecular weight excluding hydrogens is 446 g/mol. The molecular formula is C25H24ClNO6. The van der Waals surface area contributed by atoms with Crippen LogP contribution >= 0.6 is 11.6 Å². The minimum Gasteiger partial charge on any atom is -0.494 e. The van der Waals surface area contributed by atoms with Gasteiger partial charge in [-0.15, -0.1) is 0 Å². The number of methoxy groups -OCH3 is 2. The summed E-state index contributed by atoms with van der Waals surface area (Å²) in [4.78, 5) is 29.9. The number of aromatic nitrogens is 1. The third-order valence-corrected chi connectivity index (χ3v) is 5.15. The van der Waals surface area contributed by atoms with Gasteiger partial charge in [0.25, 0.3) is 0 Å². The van der Waals surface area contributed by atoms with Crippen LogP contribution < -0.4 is 14.2 Å². The number of aliphatic hydroxyl groups excluding tert-OH is 1. The van der Waals surface area contributed by atoms with Crippen molar-refractivity contribution in [3.63, 3.8) is 0 Å². The zero-order chi connectivity index (χ0) is 23.8. The highest BCUT2D eigenvalue weighted by atomic mass is 35.5. The Balaban J connectivity index is 1.72. The van der Waals surface area contributed by atoms with Crippen LogP contribution in [-0.4, -0.2) is 49.1 Å². The molecule has 3 rings (SSSR count). The predicted octanol–water partition coefficient (Wildman–Crippen LogP) is 4.64. The molecule has 0 spiro atoms. The van der Waals surface area contributed by atoms with Gasteiger partial charge in [0, 0.05) is 29.0 Å². The molecule has 0 aliphatic rings. The minimum atomic E-state index is -0.254. The fraction of sp³-hybridized carbons (Fsp3) is 0.240. The molecule has 1 N–H and O–H groups in total. The topological polar surface area (TPSA) is 95.0 Å². The van der Waals surface area contributed by atoms with Crippen molar-refractivity contribution >= 4 is 23.2 Å². The zero-order valence-corrected chi connectivity index (χ0v) is 19.1. The Morgan fingerprint density at radius 3 is 2.21 bits per heavy atom. The maximum Gasteiger partial charge on any atom is 0.181 e. The number of carbonyl (C=O) groups is 2. The number of ketones is 2. The molecule has 0 bridgehead atoms. The molecule has 0 atom stereocenters. The van der Waals surface area contributed by atoms with Crippen molar-refractivity contribution in [3.8, 4) is 28.5 Å². The SMILES string of the molecule is COc1cc(C(=O)CCC(=O)c2ccc(OC)c(-c3ccc(Cl)cc3)n2)ccc1OCCO. The van der Waals surface area contributed by atoms with Crippen LogP contribution in [0.3, 0.4) is 0 Å². The van der Waals surface area contributed by atoms with Crippen molar-refractivity contribution < 1.29 is 28.9 Å². The van der Waals surface area contributed by atoms with Gasteiger partial charge in [-0.2, -0.15) is 0 Å². The van der Waals surface area contributed by atoms with Gasteiger partial charge in [0.1, 0.15) is 23.7 Å². The van der Waals surface area contributed by atoms with E-state index in [1.54, 1.807) is 54.6 Å². The second-order valence-corrected chi connectivity index (χ2v) is 7.47. The number of hydrogen-bond donors (Lipinski definition) is 1. The largest absolute Gasteiger partial charge is 0.494 e. The third-order valence-electron chi connectivity index (χ3n) is 4.90. The Bertz CT molecular complexity index is 1130. The lowest BCUT2D eigenvalue weighted by Gasteiger charge is -2.11. The van der Waals surface area contributed by atoms with E-state index in [-0.39, 0.29) is 43.3 Å². The van der Waals surface area contributed by atoms with E-state index >= 15 is 0 Å². The Kier molecular flexibility index (Phi) is 8.40. The van der Waals surface area contributed by atoms with E-state index in [1.165, 1.54) is 14.2 Å². The predicted molar refractivity (Wildman–Crippen MR) is 125 cm³/mol. The number of nitrogens with zero attached hydrogens (tertiary/aromatic N) is 1. The standard InChI is InChI=1S/C25H24ClNO6/c1-31-23-12-8-19(27-25(23)16-3-6-18(26)7-4-16)21(30)10-9-20(29)17-5-11-22(33-14-13-28)24(15-17)32-2/h3-8,11-12,15,28H,9-10,13-14H2,1-2H3. The molecule has 3 aromatic rings. The highest BCUT2D eigenvalue weighted by Crippen LogP contribution is 2.30. The molecule has 7 nitrogen and oxygen atoms in total. The van der Waals surface area contributed by atoms with Crippen LogP contribution in [0.1, 0.15) is 33.7 Å². The Hall–Kier alpha value is -3.42. The third kappa shape index (κ3) is 6.09. The molecule has 2 aromatic carbocycles. The normalized spacial score (nSPS) is 10.5. The molecule has 0 saturated carbocycles. The van der Waals surface area contributed by atoms with Gasteiger partial charge in [-0.05, 0) is 42.5 Å². The number of carbonyl (C=O) groups excluding carboxylic acids is 2. The smallest absolute Gasteiger partial charge is 0.181 e. The van der Waals surface area contributed by atoms with E-state index in [1.807, 2.05) is 0 Å². The summed E-state index contributed by atoms with van der Waals surface area (Å²) in [6.45, 7) is -0.0178. The summed E-state index contributed by atoms with van der Waals surface area (Å²) in [7, 11) is 3.00. The molecule has 1 aromatic heterocycles. The molecule has 172 valence electrons. The minimum absolute atomic E-state index is 0.00327. The molecule has 0 unspecified atom stereocenters. The van der Waals surface area contributed by atoms with Gasteiger partial charge in [-0.1, -0.05) is 23.7 Å². The first kappa shape index (κ1) is 24.2. The van der Waals surface area contributed by atoms with Crippen LogP contribution in [0.15, 0.2) is 54.6 Å². The summed E-state index contributed by atoms with van der Waals surface area (Å²) < 4.78 is 16.0. The van der Waals surface area contributed by atoms with Crippen LogP contribution in [0.5, 0.6) is 17.2 Å². The van der Waals surface area contributed by atoms with Crippen LogP contribution in [0, 0.1) is 0 Å². The Morgan fingerprint density at radius 2 is 1.55 bits per heavy atom. The van der Waals surface area contributed by atoms with Gasteiger partial charge in [0.15, 0.2) is 23.1 Å². The molecule has 33 heavy (non-hydrogen) atoms. The van der Waals surface area contributed by atoms with Crippen LogP contribution in [0.2, 0.25) is 5.02 Å². The first-order valence-corrected chi connectivity index (χ1v) is 10.6. The lowest BCUT2D eigenvalue weighted by molar-refractivity contribution is 0.0914. The number of Topliss-reactive ketones (excluding diaryl/α,β-unsaturated/α-hetero) is 2. The van der Waals surface area contributed by atoms with Crippen molar-refractivity contribution in [2.75, 3.05) is 27.4 Å².